The van der Waals surface area contributed by atoms with Crippen LogP contribution in [0.5, 0.6) is 0 Å². The minimum atomic E-state index is -4.72. The predicted molar refractivity (Wildman–Crippen MR) is 185 cm³/mol. The van der Waals surface area contributed by atoms with Gasteiger partial charge in [-0.2, -0.15) is 0 Å². The zero-order chi connectivity index (χ0) is 35.0. The van der Waals surface area contributed by atoms with Crippen molar-refractivity contribution in [2.24, 2.45) is 5.73 Å². The minimum absolute atomic E-state index is 0.0525. The van der Waals surface area contributed by atoms with Crippen LogP contribution in [0.15, 0.2) is 36.5 Å². The second-order valence-electron chi connectivity index (χ2n) is 11.6. The number of unbranched alkanes of at least 4 members (excludes halogenated alkanes) is 12. The standard InChI is InChI=1S/C35H62NO10P/c1-3-5-7-9-11-13-15-16-17-19-21-23-25-27-34(38)46-31(29-44-47(41,42)45-30-32(36)35(39)40)28-43-33(37)26-24-22-20-18-14-12-10-8-6-4-2/h10,12,16-17,21,23,31-32H,3-9,11,13-15,18-20,22,24-30,36H2,1-2H3,(H,39,40)(H,41,42)/b12-10+,17-16+,23-21+/t31?,32-/m0/s1. The summed E-state index contributed by atoms with van der Waals surface area (Å²) in [5.41, 5.74) is 5.29. The van der Waals surface area contributed by atoms with Crippen LogP contribution in [0, 0.1) is 0 Å². The van der Waals surface area contributed by atoms with Gasteiger partial charge in [0.15, 0.2) is 6.10 Å². The zero-order valence-electron chi connectivity index (χ0n) is 28.9. The molecule has 0 bridgehead atoms. The van der Waals surface area contributed by atoms with E-state index in [0.29, 0.717) is 12.8 Å². The molecular formula is C35H62NO10P. The van der Waals surface area contributed by atoms with Crippen molar-refractivity contribution >= 4 is 25.7 Å². The molecule has 0 radical (unpaired) electrons. The number of phosphoric acid groups is 1. The van der Waals surface area contributed by atoms with Gasteiger partial charge in [0.1, 0.15) is 12.6 Å². The van der Waals surface area contributed by atoms with Crippen LogP contribution in [0.4, 0.5) is 0 Å². The van der Waals surface area contributed by atoms with Crippen molar-refractivity contribution in [3.05, 3.63) is 36.5 Å². The number of ether oxygens (including phenoxy) is 2. The second-order valence-corrected chi connectivity index (χ2v) is 13.1. The lowest BCUT2D eigenvalue weighted by molar-refractivity contribution is -0.161. The quantitative estimate of drug-likeness (QED) is 0.0270. The van der Waals surface area contributed by atoms with E-state index in [4.69, 9.17) is 24.8 Å². The number of carboxylic acid groups (broad SMARTS) is 1. The van der Waals surface area contributed by atoms with Crippen LogP contribution in [0.1, 0.15) is 136 Å². The maximum Gasteiger partial charge on any atom is 0.472 e. The van der Waals surface area contributed by atoms with Crippen LogP contribution in [-0.4, -0.2) is 59.9 Å². The SMILES string of the molecule is CCCC/C=C/CCCCCCC(=O)OCC(COP(=O)(O)OC[C@H](N)C(=O)O)OC(=O)CC/C=C/C/C=C/CCCCCCCC. The first kappa shape index (κ1) is 44.7. The van der Waals surface area contributed by atoms with Gasteiger partial charge < -0.3 is 25.2 Å². The Morgan fingerprint density at radius 1 is 0.660 bits per heavy atom. The molecule has 0 saturated carbocycles. The van der Waals surface area contributed by atoms with Crippen LogP contribution in [0.25, 0.3) is 0 Å². The molecule has 11 nitrogen and oxygen atoms in total. The lowest BCUT2D eigenvalue weighted by atomic mass is 10.1. The molecule has 0 saturated heterocycles. The van der Waals surface area contributed by atoms with Crippen molar-refractivity contribution in [2.75, 3.05) is 19.8 Å². The van der Waals surface area contributed by atoms with Crippen LogP contribution >= 0.6 is 7.82 Å². The van der Waals surface area contributed by atoms with Gasteiger partial charge in [0.05, 0.1) is 13.2 Å². The van der Waals surface area contributed by atoms with Crippen molar-refractivity contribution in [1.82, 2.24) is 0 Å². The van der Waals surface area contributed by atoms with Crippen molar-refractivity contribution in [2.45, 2.75) is 148 Å². The molecule has 0 aliphatic carbocycles. The average molecular weight is 688 g/mol. The number of allylic oxidation sites excluding steroid dienone is 6. The van der Waals surface area contributed by atoms with Gasteiger partial charge in [-0.15, -0.1) is 0 Å². The van der Waals surface area contributed by atoms with E-state index in [1.807, 2.05) is 12.2 Å². The molecule has 47 heavy (non-hydrogen) atoms. The fourth-order valence-electron chi connectivity index (χ4n) is 4.27. The first-order valence-electron chi connectivity index (χ1n) is 17.5. The van der Waals surface area contributed by atoms with Gasteiger partial charge >= 0.3 is 25.7 Å². The van der Waals surface area contributed by atoms with E-state index in [1.165, 1.54) is 51.4 Å². The first-order valence-corrected chi connectivity index (χ1v) is 19.0. The molecule has 0 aromatic carbocycles. The zero-order valence-corrected chi connectivity index (χ0v) is 29.8. The van der Waals surface area contributed by atoms with Crippen LogP contribution in [0.3, 0.4) is 0 Å². The Kier molecular flexibility index (Phi) is 29.5. The van der Waals surface area contributed by atoms with E-state index in [9.17, 15) is 23.8 Å². The number of carboxylic acids is 1. The Hall–Kier alpha value is -2.30. The summed E-state index contributed by atoms with van der Waals surface area (Å²) in [5.74, 6) is -2.49. The third-order valence-corrected chi connectivity index (χ3v) is 8.07. The molecule has 0 aliphatic rings. The summed E-state index contributed by atoms with van der Waals surface area (Å²) >= 11 is 0. The summed E-state index contributed by atoms with van der Waals surface area (Å²) in [6.45, 7) is 2.63. The molecule has 0 heterocycles. The van der Waals surface area contributed by atoms with E-state index < -0.39 is 51.1 Å². The minimum Gasteiger partial charge on any atom is -0.480 e. The number of phosphoric ester groups is 1. The Bertz CT molecular complexity index is 953. The Balaban J connectivity index is 4.61. The summed E-state index contributed by atoms with van der Waals surface area (Å²) in [4.78, 5) is 45.5. The fourth-order valence-corrected chi connectivity index (χ4v) is 5.05. The second kappa shape index (κ2) is 31.0. The lowest BCUT2D eigenvalue weighted by Gasteiger charge is -2.20. The molecule has 272 valence electrons. The topological polar surface area (TPSA) is 172 Å². The van der Waals surface area contributed by atoms with Gasteiger partial charge in [0, 0.05) is 12.8 Å². The van der Waals surface area contributed by atoms with Crippen molar-refractivity contribution in [1.29, 1.82) is 0 Å². The third kappa shape index (κ3) is 30.8. The molecule has 4 N–H and O–H groups in total. The third-order valence-electron chi connectivity index (χ3n) is 7.12. The van der Waals surface area contributed by atoms with Gasteiger partial charge in [-0.1, -0.05) is 108 Å². The smallest absolute Gasteiger partial charge is 0.472 e. The predicted octanol–water partition coefficient (Wildman–Crippen LogP) is 8.11. The van der Waals surface area contributed by atoms with E-state index in [0.717, 1.165) is 44.9 Å². The monoisotopic (exact) mass is 687 g/mol. The molecule has 0 aromatic rings. The largest absolute Gasteiger partial charge is 0.480 e. The summed E-state index contributed by atoms with van der Waals surface area (Å²) in [6, 6.07) is -1.53. The lowest BCUT2D eigenvalue weighted by Crippen LogP contribution is -2.34. The molecule has 3 atom stereocenters. The highest BCUT2D eigenvalue weighted by Crippen LogP contribution is 2.43. The Morgan fingerprint density at radius 2 is 1.19 bits per heavy atom. The first-order chi connectivity index (χ1) is 22.6. The molecule has 0 amide bonds. The van der Waals surface area contributed by atoms with Crippen LogP contribution in [0.2, 0.25) is 0 Å². The molecule has 0 aliphatic heterocycles. The fraction of sp³-hybridized carbons (Fsp3) is 0.743. The number of esters is 2. The summed E-state index contributed by atoms with van der Waals surface area (Å²) in [7, 11) is -4.72. The molecule has 0 rings (SSSR count). The van der Waals surface area contributed by atoms with E-state index in [2.05, 4.69) is 42.7 Å². The number of nitrogens with two attached hydrogens (primary N) is 1. The average Bonchev–Trinajstić information content (AvgIpc) is 3.04. The number of carbonyl (C=O) groups is 3. The van der Waals surface area contributed by atoms with Gasteiger partial charge in [-0.25, -0.2) is 4.57 Å². The van der Waals surface area contributed by atoms with Crippen molar-refractivity contribution in [3.63, 3.8) is 0 Å². The highest BCUT2D eigenvalue weighted by Gasteiger charge is 2.28. The molecule has 12 heteroatoms. The highest BCUT2D eigenvalue weighted by atomic mass is 31.2. The number of hydrogen-bond acceptors (Lipinski definition) is 9. The van der Waals surface area contributed by atoms with Crippen molar-refractivity contribution in [3.8, 4) is 0 Å². The van der Waals surface area contributed by atoms with Crippen molar-refractivity contribution < 1.29 is 47.5 Å². The molecular weight excluding hydrogens is 625 g/mol. The van der Waals surface area contributed by atoms with Crippen LogP contribution < -0.4 is 5.73 Å². The maximum absolute atomic E-state index is 12.5. The molecule has 0 fully saturated rings. The van der Waals surface area contributed by atoms with Gasteiger partial charge in [-0.3, -0.25) is 23.4 Å². The number of carbonyl (C=O) groups excluding carboxylic acids is 2. The Labute approximate surface area is 282 Å². The Morgan fingerprint density at radius 3 is 1.83 bits per heavy atom. The van der Waals surface area contributed by atoms with E-state index in [-0.39, 0.29) is 19.4 Å². The van der Waals surface area contributed by atoms with Crippen LogP contribution in [-0.2, 0) is 37.5 Å². The van der Waals surface area contributed by atoms with E-state index >= 15 is 0 Å². The molecule has 2 unspecified atom stereocenters. The normalized spacial score (nSPS) is 14.5. The number of rotatable bonds is 32. The number of hydrogen-bond donors (Lipinski definition) is 3. The molecule has 0 aromatic heterocycles. The molecule has 0 spiro atoms. The van der Waals surface area contributed by atoms with Gasteiger partial charge in [0.25, 0.3) is 0 Å². The summed E-state index contributed by atoms with van der Waals surface area (Å²) in [6.07, 6.45) is 29.6. The summed E-state index contributed by atoms with van der Waals surface area (Å²) < 4.78 is 32.3. The van der Waals surface area contributed by atoms with E-state index in [1.54, 1.807) is 0 Å². The number of aliphatic carboxylic acids is 1. The highest BCUT2D eigenvalue weighted by molar-refractivity contribution is 7.47. The summed E-state index contributed by atoms with van der Waals surface area (Å²) in [5, 5.41) is 8.83. The maximum atomic E-state index is 12.5. The van der Waals surface area contributed by atoms with Gasteiger partial charge in [-0.05, 0) is 51.4 Å². The van der Waals surface area contributed by atoms with Gasteiger partial charge in [0.2, 0.25) is 0 Å².